The van der Waals surface area contributed by atoms with E-state index in [1.807, 2.05) is 16.7 Å². The number of hydrogen-bond donors (Lipinski definition) is 0. The minimum absolute atomic E-state index is 0. The second-order valence-electron chi connectivity index (χ2n) is 22.4. The molecule has 0 spiro atoms. The average molecular weight is 841 g/mol. The number of rotatable bonds is 4. The van der Waals surface area contributed by atoms with Crippen molar-refractivity contribution in [1.29, 1.82) is 0 Å². The summed E-state index contributed by atoms with van der Waals surface area (Å²) in [5.74, 6) is 7.21. The first-order valence-corrected chi connectivity index (χ1v) is 21.5. The van der Waals surface area contributed by atoms with Gasteiger partial charge in [0.15, 0.2) is 0 Å². The molecule has 5 unspecified atom stereocenters. The summed E-state index contributed by atoms with van der Waals surface area (Å²) in [6, 6.07) is 10.7. The molecule has 54 heavy (non-hydrogen) atoms. The third kappa shape index (κ3) is 5.85. The smallest absolute Gasteiger partial charge is 1.00 e. The van der Waals surface area contributed by atoms with Crippen LogP contribution in [0, 0.1) is 72.0 Å². The quantitative estimate of drug-likeness (QED) is 0.277. The Morgan fingerprint density at radius 3 is 1.61 bits per heavy atom. The van der Waals surface area contributed by atoms with Gasteiger partial charge in [-0.1, -0.05) is 109 Å². The minimum atomic E-state index is 0. The van der Waals surface area contributed by atoms with Gasteiger partial charge in [-0.25, -0.2) is 0 Å². The summed E-state index contributed by atoms with van der Waals surface area (Å²) in [6.07, 6.45) is 22.9. The first kappa shape index (κ1) is 41.3. The minimum Gasteiger partial charge on any atom is -1.00 e. The first-order valence-electron chi connectivity index (χ1n) is 21.5. The fourth-order valence-electron chi connectivity index (χ4n) is 15.4. The third-order valence-electron chi connectivity index (χ3n) is 17.0. The normalized spacial score (nSPS) is 35.5. The molecule has 11 rings (SSSR count). The Bertz CT molecular complexity index is 1840. The van der Waals surface area contributed by atoms with Crippen molar-refractivity contribution >= 4 is 0 Å². The fraction of sp³-hybridized carbons (Fsp3) is 0.647. The van der Waals surface area contributed by atoms with Gasteiger partial charge in [0.05, 0.1) is 0 Å². The molecular formula is C51H66Cl2Zr. The van der Waals surface area contributed by atoms with Gasteiger partial charge in [0.2, 0.25) is 0 Å². The zero-order chi connectivity index (χ0) is 35.6. The van der Waals surface area contributed by atoms with Gasteiger partial charge in [-0.05, 0) is 192 Å². The summed E-state index contributed by atoms with van der Waals surface area (Å²) >= 11 is 0. The SMILES string of the molecule is Cc1cc2c(cc1C(C)(C)C)-c1cc(C(C)(C)C)c(C)cc1C2C1(C(C)C)CC(C2CC3C=CC2C3)C2=C1C=C(C13CC4CC(CC(C4)C1)C3)C2.[Cl-].[Cl-].[Zr+2]. The summed E-state index contributed by atoms with van der Waals surface area (Å²) < 4.78 is 0. The van der Waals surface area contributed by atoms with Crippen LogP contribution in [0.3, 0.4) is 0 Å². The van der Waals surface area contributed by atoms with Crippen molar-refractivity contribution in [3.63, 3.8) is 0 Å². The van der Waals surface area contributed by atoms with Gasteiger partial charge < -0.3 is 24.8 Å². The van der Waals surface area contributed by atoms with E-state index in [9.17, 15) is 0 Å². The Morgan fingerprint density at radius 2 is 1.19 bits per heavy atom. The molecule has 0 heterocycles. The van der Waals surface area contributed by atoms with Crippen LogP contribution < -0.4 is 24.8 Å². The van der Waals surface area contributed by atoms with Crippen LogP contribution in [-0.4, -0.2) is 0 Å². The Balaban J connectivity index is 0.00000150. The van der Waals surface area contributed by atoms with E-state index >= 15 is 0 Å². The number of hydrogen-bond acceptors (Lipinski definition) is 0. The molecule has 0 saturated heterocycles. The molecule has 5 atom stereocenters. The van der Waals surface area contributed by atoms with Gasteiger partial charge in [0, 0.05) is 11.3 Å². The first-order chi connectivity index (χ1) is 24.1. The van der Waals surface area contributed by atoms with Crippen LogP contribution in [0.2, 0.25) is 0 Å². The van der Waals surface area contributed by atoms with Crippen LogP contribution in [0.1, 0.15) is 159 Å². The molecule has 2 aromatic rings. The predicted molar refractivity (Wildman–Crippen MR) is 215 cm³/mol. The van der Waals surface area contributed by atoms with E-state index in [1.165, 1.54) is 86.5 Å². The molecule has 5 saturated carbocycles. The van der Waals surface area contributed by atoms with Gasteiger partial charge in [-0.15, -0.1) is 0 Å². The van der Waals surface area contributed by atoms with Crippen molar-refractivity contribution in [2.75, 3.05) is 0 Å². The van der Waals surface area contributed by atoms with Gasteiger partial charge in [-0.3, -0.25) is 0 Å². The molecule has 6 bridgehead atoms. The standard InChI is InChI=1S/C51H66.2ClH.Zr/c1-28(2)51(47-41-13-29(3)44(48(5,6)7)22-38(41)39-23-45(49(8,9)10)30(4)14-42(39)47)27-43(37-19-31-11-12-35(37)18-31)40-20-36(21-46(40)51)50-24-32-15-33(25-50)17-34(16-32)26-50;;;/h11-14,21-23,28,31-35,37,43,47H,15-20,24-27H2,1-10H3;2*1H;/q;;;+2/p-2. The van der Waals surface area contributed by atoms with Gasteiger partial charge in [0.1, 0.15) is 0 Å². The van der Waals surface area contributed by atoms with Gasteiger partial charge in [0.25, 0.3) is 0 Å². The van der Waals surface area contributed by atoms with Crippen LogP contribution in [0.25, 0.3) is 11.1 Å². The summed E-state index contributed by atoms with van der Waals surface area (Å²) in [6.45, 7) is 24.6. The number of aryl methyl sites for hydroxylation is 2. The second-order valence-corrected chi connectivity index (χ2v) is 22.4. The molecule has 3 heteroatoms. The van der Waals surface area contributed by atoms with Gasteiger partial charge in [-0.2, -0.15) is 0 Å². The van der Waals surface area contributed by atoms with Crippen LogP contribution in [0.4, 0.5) is 0 Å². The van der Waals surface area contributed by atoms with Crippen molar-refractivity contribution in [3.05, 3.63) is 92.6 Å². The zero-order valence-electron chi connectivity index (χ0n) is 35.1. The number of allylic oxidation sites excluding steroid dienone is 6. The molecule has 9 aliphatic rings. The molecule has 288 valence electrons. The van der Waals surface area contributed by atoms with E-state index in [-0.39, 0.29) is 67.3 Å². The Labute approximate surface area is 360 Å². The molecule has 0 aliphatic heterocycles. The van der Waals surface area contributed by atoms with Crippen LogP contribution in [0.5, 0.6) is 0 Å². The molecule has 0 N–H and O–H groups in total. The summed E-state index contributed by atoms with van der Waals surface area (Å²) in [5.41, 5.74) is 19.0. The van der Waals surface area contributed by atoms with Crippen molar-refractivity contribution < 1.29 is 51.0 Å². The molecule has 0 nitrogen and oxygen atoms in total. The van der Waals surface area contributed by atoms with Crippen molar-refractivity contribution in [1.82, 2.24) is 0 Å². The van der Waals surface area contributed by atoms with Crippen molar-refractivity contribution in [2.45, 2.75) is 150 Å². The van der Waals surface area contributed by atoms with E-state index in [2.05, 4.69) is 112 Å². The Morgan fingerprint density at radius 1 is 0.667 bits per heavy atom. The molecule has 2 aromatic carbocycles. The molecule has 0 radical (unpaired) electrons. The number of benzene rings is 2. The molecule has 0 aromatic heterocycles. The zero-order valence-corrected chi connectivity index (χ0v) is 39.0. The van der Waals surface area contributed by atoms with Gasteiger partial charge >= 0.3 is 26.2 Å². The Kier molecular flexibility index (Phi) is 10.4. The van der Waals surface area contributed by atoms with Crippen LogP contribution in [0.15, 0.2) is 59.2 Å². The third-order valence-corrected chi connectivity index (χ3v) is 17.0. The van der Waals surface area contributed by atoms with E-state index in [0.29, 0.717) is 17.3 Å². The molecule has 9 aliphatic carbocycles. The fourth-order valence-corrected chi connectivity index (χ4v) is 15.4. The van der Waals surface area contributed by atoms with E-state index in [0.717, 1.165) is 41.4 Å². The van der Waals surface area contributed by atoms with E-state index in [1.54, 1.807) is 22.3 Å². The van der Waals surface area contributed by atoms with Crippen LogP contribution >= 0.6 is 0 Å². The van der Waals surface area contributed by atoms with E-state index < -0.39 is 0 Å². The van der Waals surface area contributed by atoms with Crippen molar-refractivity contribution in [3.8, 4) is 11.1 Å². The number of halogens is 2. The molecule has 0 amide bonds. The topological polar surface area (TPSA) is 0 Å². The average Bonchev–Trinajstić information content (AvgIpc) is 3.85. The maximum absolute atomic E-state index is 2.97. The second kappa shape index (κ2) is 13.6. The largest absolute Gasteiger partial charge is 2.00 e. The number of fused-ring (bicyclic) bond motifs is 5. The predicted octanol–water partition coefficient (Wildman–Crippen LogP) is 7.73. The monoisotopic (exact) mass is 838 g/mol. The molecule has 5 fully saturated rings. The molecular weight excluding hydrogens is 775 g/mol. The van der Waals surface area contributed by atoms with E-state index in [4.69, 9.17) is 0 Å². The maximum atomic E-state index is 2.97. The maximum Gasteiger partial charge on any atom is 2.00 e. The summed E-state index contributed by atoms with van der Waals surface area (Å²) in [5, 5.41) is 0. The van der Waals surface area contributed by atoms with Crippen molar-refractivity contribution in [2.24, 2.45) is 58.2 Å². The Hall–Kier alpha value is -0.877. The summed E-state index contributed by atoms with van der Waals surface area (Å²) in [4.78, 5) is 0. The summed E-state index contributed by atoms with van der Waals surface area (Å²) in [7, 11) is 0. The van der Waals surface area contributed by atoms with Crippen LogP contribution in [-0.2, 0) is 37.0 Å².